The Labute approximate surface area is 107 Å². The largest absolute Gasteiger partial charge is 0.362 e. The van der Waals surface area contributed by atoms with E-state index < -0.39 is 0 Å². The Morgan fingerprint density at radius 1 is 1.22 bits per heavy atom. The summed E-state index contributed by atoms with van der Waals surface area (Å²) in [5.74, 6) is 0.0667. The Morgan fingerprint density at radius 2 is 2.06 bits per heavy atom. The molecule has 0 bridgehead atoms. The number of hydrogen-bond acceptors (Lipinski definition) is 2. The lowest BCUT2D eigenvalue weighted by Crippen LogP contribution is -2.54. The van der Waals surface area contributed by atoms with Crippen molar-refractivity contribution in [1.29, 1.82) is 0 Å². The maximum atomic E-state index is 12.0. The number of carbonyl (C=O) groups is 1. The Balaban J connectivity index is 1.92. The third-order valence-corrected chi connectivity index (χ3v) is 3.77. The van der Waals surface area contributed by atoms with E-state index in [4.69, 9.17) is 0 Å². The van der Waals surface area contributed by atoms with Crippen LogP contribution in [0.3, 0.4) is 0 Å². The highest BCUT2D eigenvalue weighted by Crippen LogP contribution is 2.25. The number of hydrogen-bond donors (Lipinski definition) is 1. The Morgan fingerprint density at radius 3 is 2.89 bits per heavy atom. The monoisotopic (exact) mass is 242 g/mol. The van der Waals surface area contributed by atoms with Crippen LogP contribution in [0.1, 0.15) is 24.8 Å². The molecule has 0 unspecified atom stereocenters. The van der Waals surface area contributed by atoms with E-state index >= 15 is 0 Å². The van der Waals surface area contributed by atoms with Crippen molar-refractivity contribution in [3.8, 4) is 0 Å². The van der Waals surface area contributed by atoms with Crippen molar-refractivity contribution in [2.45, 2.75) is 25.3 Å². The van der Waals surface area contributed by atoms with Gasteiger partial charge in [-0.15, -0.1) is 0 Å². The molecular weight excluding hydrogens is 224 g/mol. The first kappa shape index (κ1) is 11.3. The van der Waals surface area contributed by atoms with Crippen molar-refractivity contribution in [2.75, 3.05) is 13.1 Å². The van der Waals surface area contributed by atoms with Crippen molar-refractivity contribution < 1.29 is 4.79 Å². The number of fused-ring (bicyclic) bond motifs is 1. The van der Waals surface area contributed by atoms with Gasteiger partial charge in [-0.3, -0.25) is 4.79 Å². The van der Waals surface area contributed by atoms with Crippen LogP contribution in [-0.4, -0.2) is 29.9 Å². The number of nitrogens with zero attached hydrogens (tertiary/aromatic N) is 1. The van der Waals surface area contributed by atoms with Gasteiger partial charge in [0.1, 0.15) is 5.70 Å². The van der Waals surface area contributed by atoms with Crippen molar-refractivity contribution in [3.63, 3.8) is 0 Å². The fourth-order valence-corrected chi connectivity index (χ4v) is 2.82. The molecule has 2 heterocycles. The fourth-order valence-electron chi connectivity index (χ4n) is 2.82. The van der Waals surface area contributed by atoms with Gasteiger partial charge in [0.15, 0.2) is 0 Å². The number of rotatable bonds is 1. The van der Waals surface area contributed by atoms with Crippen molar-refractivity contribution >= 4 is 12.0 Å². The van der Waals surface area contributed by atoms with Crippen LogP contribution in [0.2, 0.25) is 0 Å². The molecule has 1 aromatic rings. The average Bonchev–Trinajstić information content (AvgIpc) is 2.43. The normalized spacial score (nSPS) is 25.8. The van der Waals surface area contributed by atoms with Crippen LogP contribution in [0.4, 0.5) is 0 Å². The Bertz CT molecular complexity index is 467. The lowest BCUT2D eigenvalue weighted by atomic mass is 9.98. The lowest BCUT2D eigenvalue weighted by Gasteiger charge is -2.42. The quantitative estimate of drug-likeness (QED) is 0.764. The first-order valence-corrected chi connectivity index (χ1v) is 6.66. The van der Waals surface area contributed by atoms with E-state index in [1.807, 2.05) is 36.4 Å². The van der Waals surface area contributed by atoms with Crippen LogP contribution < -0.4 is 5.32 Å². The smallest absolute Gasteiger partial charge is 0.267 e. The molecule has 1 N–H and O–H groups in total. The molecule has 0 aromatic heterocycles. The second-order valence-electron chi connectivity index (χ2n) is 4.99. The summed E-state index contributed by atoms with van der Waals surface area (Å²) in [7, 11) is 0. The van der Waals surface area contributed by atoms with Crippen LogP contribution in [-0.2, 0) is 4.79 Å². The predicted octanol–water partition coefficient (Wildman–Crippen LogP) is 2.01. The third kappa shape index (κ3) is 2.13. The standard InChI is InChI=1S/C15H18N2O/c18-15-14(10-12-6-2-1-3-7-12)17-9-5-4-8-13(17)11-16-15/h1-3,6-7,10,13H,4-5,8-9,11H2,(H,16,18)/b14-10-/t13-/m1/s1. The van der Waals surface area contributed by atoms with E-state index in [1.165, 1.54) is 19.3 Å². The molecule has 3 rings (SSSR count). The average molecular weight is 242 g/mol. The minimum Gasteiger partial charge on any atom is -0.362 e. The number of piperazine rings is 1. The van der Waals surface area contributed by atoms with Gasteiger partial charge >= 0.3 is 0 Å². The van der Waals surface area contributed by atoms with Crippen LogP contribution in [0.25, 0.3) is 6.08 Å². The van der Waals surface area contributed by atoms with Gasteiger partial charge in [-0.1, -0.05) is 30.3 Å². The second kappa shape index (κ2) is 4.84. The summed E-state index contributed by atoms with van der Waals surface area (Å²) in [6, 6.07) is 10.6. The molecular formula is C15H18N2O. The molecule has 1 aromatic carbocycles. The van der Waals surface area contributed by atoms with E-state index in [0.717, 1.165) is 24.4 Å². The summed E-state index contributed by atoms with van der Waals surface area (Å²) < 4.78 is 0. The van der Waals surface area contributed by atoms with Gasteiger partial charge in [-0.25, -0.2) is 0 Å². The predicted molar refractivity (Wildman–Crippen MR) is 71.8 cm³/mol. The van der Waals surface area contributed by atoms with Gasteiger partial charge < -0.3 is 10.2 Å². The van der Waals surface area contributed by atoms with E-state index in [2.05, 4.69) is 10.2 Å². The maximum absolute atomic E-state index is 12.0. The molecule has 0 spiro atoms. The summed E-state index contributed by atoms with van der Waals surface area (Å²) >= 11 is 0. The highest BCUT2D eigenvalue weighted by atomic mass is 16.2. The topological polar surface area (TPSA) is 32.3 Å². The first-order chi connectivity index (χ1) is 8.84. The van der Waals surface area contributed by atoms with Gasteiger partial charge in [0, 0.05) is 19.1 Å². The zero-order valence-corrected chi connectivity index (χ0v) is 10.4. The van der Waals surface area contributed by atoms with Gasteiger partial charge in [-0.2, -0.15) is 0 Å². The third-order valence-electron chi connectivity index (χ3n) is 3.77. The molecule has 0 aliphatic carbocycles. The minimum absolute atomic E-state index is 0.0667. The minimum atomic E-state index is 0.0667. The summed E-state index contributed by atoms with van der Waals surface area (Å²) in [6.07, 6.45) is 5.66. The maximum Gasteiger partial charge on any atom is 0.267 e. The number of nitrogens with one attached hydrogen (secondary N) is 1. The zero-order chi connectivity index (χ0) is 12.4. The summed E-state index contributed by atoms with van der Waals surface area (Å²) in [5, 5.41) is 3.00. The summed E-state index contributed by atoms with van der Waals surface area (Å²) in [5.41, 5.74) is 1.92. The van der Waals surface area contributed by atoms with E-state index in [1.54, 1.807) is 0 Å². The molecule has 0 saturated carbocycles. The van der Waals surface area contributed by atoms with E-state index in [9.17, 15) is 4.79 Å². The van der Waals surface area contributed by atoms with E-state index in [0.29, 0.717) is 6.04 Å². The highest BCUT2D eigenvalue weighted by molar-refractivity contribution is 5.98. The molecule has 3 nitrogen and oxygen atoms in total. The first-order valence-electron chi connectivity index (χ1n) is 6.66. The molecule has 1 amide bonds. The Hall–Kier alpha value is -1.77. The SMILES string of the molecule is O=C1NC[C@H]2CCCCN2/C1=C\c1ccccc1. The molecule has 2 fully saturated rings. The van der Waals surface area contributed by atoms with Crippen LogP contribution >= 0.6 is 0 Å². The number of carbonyl (C=O) groups excluding carboxylic acids is 1. The molecule has 2 aliphatic rings. The fraction of sp³-hybridized carbons (Fsp3) is 0.400. The zero-order valence-electron chi connectivity index (χ0n) is 10.4. The Kier molecular flexibility index (Phi) is 3.05. The molecule has 0 radical (unpaired) electrons. The molecule has 94 valence electrons. The van der Waals surface area contributed by atoms with Gasteiger partial charge in [0.05, 0.1) is 0 Å². The van der Waals surface area contributed by atoms with Crippen molar-refractivity contribution in [2.24, 2.45) is 0 Å². The molecule has 3 heteroatoms. The van der Waals surface area contributed by atoms with Crippen LogP contribution in [0.15, 0.2) is 36.0 Å². The summed E-state index contributed by atoms with van der Waals surface area (Å²) in [6.45, 7) is 1.81. The molecule has 18 heavy (non-hydrogen) atoms. The molecule has 2 saturated heterocycles. The van der Waals surface area contributed by atoms with Crippen molar-refractivity contribution in [1.82, 2.24) is 10.2 Å². The highest BCUT2D eigenvalue weighted by Gasteiger charge is 2.31. The number of amides is 1. The van der Waals surface area contributed by atoms with Crippen LogP contribution in [0.5, 0.6) is 0 Å². The van der Waals surface area contributed by atoms with Gasteiger partial charge in [0.2, 0.25) is 0 Å². The lowest BCUT2D eigenvalue weighted by molar-refractivity contribution is -0.121. The molecule has 1 atom stereocenters. The van der Waals surface area contributed by atoms with E-state index in [-0.39, 0.29) is 5.91 Å². The number of piperidine rings is 1. The number of benzene rings is 1. The molecule has 2 aliphatic heterocycles. The summed E-state index contributed by atoms with van der Waals surface area (Å²) in [4.78, 5) is 14.3. The van der Waals surface area contributed by atoms with Gasteiger partial charge in [0.25, 0.3) is 5.91 Å². The van der Waals surface area contributed by atoms with Crippen molar-refractivity contribution in [3.05, 3.63) is 41.6 Å². The second-order valence-corrected chi connectivity index (χ2v) is 4.99. The van der Waals surface area contributed by atoms with Crippen LogP contribution in [0, 0.1) is 0 Å². The van der Waals surface area contributed by atoms with Gasteiger partial charge in [-0.05, 0) is 30.9 Å².